The molecule has 0 unspecified atom stereocenters. The van der Waals surface area contributed by atoms with Gasteiger partial charge in [-0.25, -0.2) is 9.78 Å². The Morgan fingerprint density at radius 2 is 2.26 bits per heavy atom. The number of aromatic nitrogens is 1. The molecule has 1 amide bonds. The number of aromatic carboxylic acids is 1. The number of hydrogen-bond acceptors (Lipinski definition) is 5. The summed E-state index contributed by atoms with van der Waals surface area (Å²) < 4.78 is 6.38. The Bertz CT molecular complexity index is 786. The number of rotatable bonds is 5. The van der Waals surface area contributed by atoms with Crippen molar-refractivity contribution in [1.29, 1.82) is 0 Å². The predicted octanol–water partition coefficient (Wildman–Crippen LogP) is 2.19. The number of amides is 1. The minimum atomic E-state index is -1.13. The van der Waals surface area contributed by atoms with Gasteiger partial charge in [0.25, 0.3) is 0 Å². The minimum absolute atomic E-state index is 0.0359. The summed E-state index contributed by atoms with van der Waals surface area (Å²) in [5.41, 5.74) is -0.350. The third-order valence-corrected chi connectivity index (χ3v) is 6.48. The van der Waals surface area contributed by atoms with Crippen LogP contribution in [0.15, 0.2) is 12.1 Å². The van der Waals surface area contributed by atoms with Crippen LogP contribution in [0.3, 0.4) is 0 Å². The molecule has 4 rings (SSSR count). The molecule has 2 bridgehead atoms. The molecule has 0 aliphatic carbocycles. The summed E-state index contributed by atoms with van der Waals surface area (Å²) in [5.74, 6) is 0.0778. The first-order chi connectivity index (χ1) is 12.8. The van der Waals surface area contributed by atoms with E-state index < -0.39 is 5.97 Å². The highest BCUT2D eigenvalue weighted by molar-refractivity contribution is 6.33. The summed E-state index contributed by atoms with van der Waals surface area (Å²) in [5, 5.41) is 12.5. The molecule has 3 aliphatic rings. The molecule has 1 aromatic heterocycles. The van der Waals surface area contributed by atoms with Gasteiger partial charge in [-0.15, -0.1) is 0 Å². The van der Waals surface area contributed by atoms with Crippen LogP contribution in [0.25, 0.3) is 0 Å². The lowest BCUT2D eigenvalue weighted by molar-refractivity contribution is -0.124. The van der Waals surface area contributed by atoms with Crippen LogP contribution in [0.1, 0.15) is 37.2 Å². The second-order valence-corrected chi connectivity index (χ2v) is 8.52. The number of carboxylic acid groups (broad SMARTS) is 1. The van der Waals surface area contributed by atoms with Gasteiger partial charge in [0.15, 0.2) is 5.69 Å². The van der Waals surface area contributed by atoms with Gasteiger partial charge in [0, 0.05) is 37.4 Å². The molecule has 27 heavy (non-hydrogen) atoms. The summed E-state index contributed by atoms with van der Waals surface area (Å²) in [6, 6.07) is 3.34. The number of nitrogens with one attached hydrogen (secondary N) is 1. The van der Waals surface area contributed by atoms with Crippen LogP contribution in [0.5, 0.6) is 0 Å². The normalized spacial score (nSPS) is 31.4. The summed E-state index contributed by atoms with van der Waals surface area (Å²) in [4.78, 5) is 29.7. The number of carbonyl (C=O) groups is 2. The van der Waals surface area contributed by atoms with Gasteiger partial charge in [-0.05, 0) is 25.0 Å². The van der Waals surface area contributed by atoms with Crippen LogP contribution in [0.4, 0.5) is 5.82 Å². The standard InChI is InChI=1S/C19H24ClN3O4/c1-10(2)17(24)21-7-11-12-8-23(9-19(12)6-5-14(11)27-19)15-4-3-13(20)16(22-15)18(25)26/h3-4,10-12,14H,5-9H2,1-2H3,(H,21,24)(H,25,26)/t11-,12+,14+,19+/m0/s1. The number of halogens is 1. The Morgan fingerprint density at radius 3 is 2.96 bits per heavy atom. The van der Waals surface area contributed by atoms with Crippen molar-refractivity contribution in [3.63, 3.8) is 0 Å². The molecule has 7 nitrogen and oxygen atoms in total. The molecule has 8 heteroatoms. The molecule has 0 radical (unpaired) electrons. The van der Waals surface area contributed by atoms with E-state index >= 15 is 0 Å². The third kappa shape index (κ3) is 3.06. The second kappa shape index (κ2) is 6.63. The van der Waals surface area contributed by atoms with Gasteiger partial charge in [-0.3, -0.25) is 4.79 Å². The Kier molecular flexibility index (Phi) is 4.55. The molecule has 1 spiro atoms. The Hall–Kier alpha value is -1.86. The topological polar surface area (TPSA) is 91.8 Å². The van der Waals surface area contributed by atoms with Gasteiger partial charge >= 0.3 is 5.97 Å². The average molecular weight is 394 g/mol. The highest BCUT2D eigenvalue weighted by atomic mass is 35.5. The summed E-state index contributed by atoms with van der Waals surface area (Å²) >= 11 is 5.95. The average Bonchev–Trinajstić information content (AvgIpc) is 3.28. The fourth-order valence-corrected chi connectivity index (χ4v) is 5.00. The quantitative estimate of drug-likeness (QED) is 0.796. The largest absolute Gasteiger partial charge is 0.476 e. The lowest BCUT2D eigenvalue weighted by Crippen LogP contribution is -2.42. The number of hydrogen-bond donors (Lipinski definition) is 2. The van der Waals surface area contributed by atoms with Gasteiger partial charge < -0.3 is 20.1 Å². The van der Waals surface area contributed by atoms with Crippen molar-refractivity contribution in [2.75, 3.05) is 24.5 Å². The van der Waals surface area contributed by atoms with E-state index in [1.54, 1.807) is 12.1 Å². The molecule has 3 aliphatic heterocycles. The zero-order valence-electron chi connectivity index (χ0n) is 15.4. The molecular weight excluding hydrogens is 370 g/mol. The lowest BCUT2D eigenvalue weighted by atomic mass is 9.73. The number of nitrogens with zero attached hydrogens (tertiary/aromatic N) is 2. The summed E-state index contributed by atoms with van der Waals surface area (Å²) in [6.07, 6.45) is 2.19. The molecule has 3 fully saturated rings. The second-order valence-electron chi connectivity index (χ2n) is 8.12. The van der Waals surface area contributed by atoms with E-state index in [1.807, 2.05) is 13.8 Å². The first-order valence-corrected chi connectivity index (χ1v) is 9.79. The zero-order valence-corrected chi connectivity index (χ0v) is 16.2. The first kappa shape index (κ1) is 18.5. The Labute approximate surface area is 163 Å². The van der Waals surface area contributed by atoms with Crippen LogP contribution in [0, 0.1) is 17.8 Å². The molecule has 2 N–H and O–H groups in total. The van der Waals surface area contributed by atoms with E-state index in [4.69, 9.17) is 16.3 Å². The van der Waals surface area contributed by atoms with E-state index in [2.05, 4.69) is 15.2 Å². The fourth-order valence-electron chi connectivity index (χ4n) is 4.82. The van der Waals surface area contributed by atoms with Crippen LogP contribution in [-0.4, -0.2) is 53.3 Å². The monoisotopic (exact) mass is 393 g/mol. The van der Waals surface area contributed by atoms with Crippen molar-refractivity contribution in [3.05, 3.63) is 22.8 Å². The molecule has 4 atom stereocenters. The first-order valence-electron chi connectivity index (χ1n) is 9.41. The minimum Gasteiger partial charge on any atom is -0.476 e. The van der Waals surface area contributed by atoms with Crippen molar-refractivity contribution in [1.82, 2.24) is 10.3 Å². The van der Waals surface area contributed by atoms with Crippen LogP contribution in [-0.2, 0) is 9.53 Å². The molecule has 4 heterocycles. The maximum atomic E-state index is 12.0. The zero-order chi connectivity index (χ0) is 19.3. The number of carbonyl (C=O) groups excluding carboxylic acids is 1. The highest BCUT2D eigenvalue weighted by Gasteiger charge is 2.63. The number of fused-ring (bicyclic) bond motifs is 1. The molecule has 1 aromatic rings. The third-order valence-electron chi connectivity index (χ3n) is 6.18. The smallest absolute Gasteiger partial charge is 0.356 e. The van der Waals surface area contributed by atoms with Gasteiger partial charge in [-0.1, -0.05) is 25.4 Å². The molecule has 3 saturated heterocycles. The molecule has 0 saturated carbocycles. The van der Waals surface area contributed by atoms with Crippen LogP contribution >= 0.6 is 11.6 Å². The van der Waals surface area contributed by atoms with Crippen LogP contribution in [0.2, 0.25) is 5.02 Å². The SMILES string of the molecule is CC(C)C(=O)NC[C@H]1[C@H]2CN(c3ccc(Cl)c(C(=O)O)n3)C[C@]23CC[C@H]1O3. The number of carboxylic acids is 1. The maximum Gasteiger partial charge on any atom is 0.356 e. The fraction of sp³-hybridized carbons (Fsp3) is 0.632. The molecule has 146 valence electrons. The summed E-state index contributed by atoms with van der Waals surface area (Å²) in [7, 11) is 0. The van der Waals surface area contributed by atoms with Crippen molar-refractivity contribution in [2.45, 2.75) is 38.4 Å². The Balaban J connectivity index is 1.52. The van der Waals surface area contributed by atoms with Gasteiger partial charge in [0.1, 0.15) is 5.82 Å². The van der Waals surface area contributed by atoms with E-state index in [9.17, 15) is 14.7 Å². The van der Waals surface area contributed by atoms with E-state index in [0.717, 1.165) is 19.4 Å². The van der Waals surface area contributed by atoms with E-state index in [0.29, 0.717) is 24.8 Å². The van der Waals surface area contributed by atoms with Crippen molar-refractivity contribution in [2.24, 2.45) is 17.8 Å². The summed E-state index contributed by atoms with van der Waals surface area (Å²) in [6.45, 7) is 5.83. The van der Waals surface area contributed by atoms with E-state index in [1.165, 1.54) is 0 Å². The van der Waals surface area contributed by atoms with Gasteiger partial charge in [0.2, 0.25) is 5.91 Å². The van der Waals surface area contributed by atoms with Crippen molar-refractivity contribution >= 4 is 29.3 Å². The molecular formula is C19H24ClN3O4. The van der Waals surface area contributed by atoms with Crippen LogP contribution < -0.4 is 10.2 Å². The van der Waals surface area contributed by atoms with Gasteiger partial charge in [-0.2, -0.15) is 0 Å². The highest BCUT2D eigenvalue weighted by Crippen LogP contribution is 2.55. The lowest BCUT2D eigenvalue weighted by Gasteiger charge is -2.29. The van der Waals surface area contributed by atoms with Crippen molar-refractivity contribution in [3.8, 4) is 0 Å². The van der Waals surface area contributed by atoms with E-state index in [-0.39, 0.29) is 40.2 Å². The number of pyridine rings is 1. The maximum absolute atomic E-state index is 12.0. The van der Waals surface area contributed by atoms with Gasteiger partial charge in [0.05, 0.1) is 16.7 Å². The number of anilines is 1. The Morgan fingerprint density at radius 1 is 1.48 bits per heavy atom. The van der Waals surface area contributed by atoms with Crippen molar-refractivity contribution < 1.29 is 19.4 Å². The molecule has 0 aromatic carbocycles. The predicted molar refractivity (Wildman–Crippen MR) is 100 cm³/mol. The number of ether oxygens (including phenoxy) is 1.